The lowest BCUT2D eigenvalue weighted by atomic mass is 9.84. The third kappa shape index (κ3) is 3.89. The van der Waals surface area contributed by atoms with Crippen molar-refractivity contribution >= 4 is 11.8 Å². The Morgan fingerprint density at radius 2 is 2.00 bits per heavy atom. The summed E-state index contributed by atoms with van der Waals surface area (Å²) in [6, 6.07) is 0.726. The molecule has 0 spiro atoms. The van der Waals surface area contributed by atoms with Crippen LogP contribution >= 0.6 is 11.8 Å². The van der Waals surface area contributed by atoms with E-state index in [2.05, 4.69) is 44.9 Å². The van der Waals surface area contributed by atoms with Gasteiger partial charge in [0.1, 0.15) is 0 Å². The van der Waals surface area contributed by atoms with Crippen molar-refractivity contribution in [1.29, 1.82) is 0 Å². The van der Waals surface area contributed by atoms with Crippen LogP contribution in [0.5, 0.6) is 0 Å². The zero-order valence-corrected chi connectivity index (χ0v) is 12.8. The first-order valence-corrected chi connectivity index (χ1v) is 8.27. The Kier molecular flexibility index (Phi) is 4.46. The molecule has 2 aliphatic rings. The van der Waals surface area contributed by atoms with Gasteiger partial charge >= 0.3 is 0 Å². The van der Waals surface area contributed by atoms with Crippen LogP contribution in [0, 0.1) is 17.8 Å². The summed E-state index contributed by atoms with van der Waals surface area (Å²) in [7, 11) is 2.14. The monoisotopic (exact) mass is 255 g/mol. The Hall–Kier alpha value is 0.310. The molecule has 1 nitrogen and oxygen atoms in total. The minimum absolute atomic E-state index is 0.407. The van der Waals surface area contributed by atoms with E-state index in [1.54, 1.807) is 6.42 Å². The summed E-state index contributed by atoms with van der Waals surface area (Å²) in [5.74, 6) is 4.48. The zero-order valence-electron chi connectivity index (χ0n) is 12.0. The first-order valence-electron chi connectivity index (χ1n) is 7.29. The van der Waals surface area contributed by atoms with Gasteiger partial charge in [-0.05, 0) is 50.5 Å². The minimum Gasteiger partial charge on any atom is -0.316 e. The Bertz CT molecular complexity index is 246. The van der Waals surface area contributed by atoms with Gasteiger partial charge in [0.15, 0.2) is 0 Å². The molecule has 0 radical (unpaired) electrons. The molecule has 0 aromatic rings. The fourth-order valence-electron chi connectivity index (χ4n) is 3.65. The normalized spacial score (nSPS) is 34.2. The second kappa shape index (κ2) is 5.52. The Morgan fingerprint density at radius 1 is 1.24 bits per heavy atom. The quantitative estimate of drug-likeness (QED) is 0.799. The fraction of sp³-hybridized carbons (Fsp3) is 1.00. The molecule has 1 N–H and O–H groups in total. The predicted octanol–water partition coefficient (Wildman–Crippen LogP) is 3.93. The smallest absolute Gasteiger partial charge is 0.0158 e. The maximum atomic E-state index is 3.54. The largest absolute Gasteiger partial charge is 0.316 e. The molecule has 2 heteroatoms. The third-order valence-corrected chi connectivity index (χ3v) is 6.03. The number of hydrogen-bond donors (Lipinski definition) is 1. The fourth-order valence-corrected chi connectivity index (χ4v) is 4.65. The van der Waals surface area contributed by atoms with Gasteiger partial charge < -0.3 is 5.32 Å². The van der Waals surface area contributed by atoms with E-state index in [9.17, 15) is 0 Å². The van der Waals surface area contributed by atoms with Crippen LogP contribution in [0.1, 0.15) is 52.9 Å². The summed E-state index contributed by atoms with van der Waals surface area (Å²) in [6.07, 6.45) is 7.55. The average Bonchev–Trinajstić information content (AvgIpc) is 2.84. The van der Waals surface area contributed by atoms with E-state index in [4.69, 9.17) is 0 Å². The second-order valence-corrected chi connectivity index (χ2v) is 8.93. The first kappa shape index (κ1) is 13.7. The molecule has 17 heavy (non-hydrogen) atoms. The second-order valence-electron chi connectivity index (χ2n) is 7.08. The zero-order chi connectivity index (χ0) is 12.5. The van der Waals surface area contributed by atoms with Crippen LogP contribution in [0.4, 0.5) is 0 Å². The van der Waals surface area contributed by atoms with Crippen LogP contribution in [0.15, 0.2) is 0 Å². The van der Waals surface area contributed by atoms with E-state index in [-0.39, 0.29) is 0 Å². The van der Waals surface area contributed by atoms with E-state index >= 15 is 0 Å². The molecule has 2 fully saturated rings. The Balaban J connectivity index is 1.76. The molecular weight excluding hydrogens is 226 g/mol. The van der Waals surface area contributed by atoms with Crippen molar-refractivity contribution < 1.29 is 0 Å². The molecule has 2 bridgehead atoms. The molecule has 2 aliphatic carbocycles. The first-order chi connectivity index (χ1) is 7.98. The maximum absolute atomic E-state index is 3.54. The molecule has 2 rings (SSSR count). The van der Waals surface area contributed by atoms with E-state index in [0.29, 0.717) is 4.75 Å². The van der Waals surface area contributed by atoms with Gasteiger partial charge in [0, 0.05) is 16.5 Å². The van der Waals surface area contributed by atoms with Crippen LogP contribution in [0.2, 0.25) is 0 Å². The van der Waals surface area contributed by atoms with Gasteiger partial charge in [0.25, 0.3) is 0 Å². The van der Waals surface area contributed by atoms with Crippen molar-refractivity contribution in [3.8, 4) is 0 Å². The highest BCUT2D eigenvalue weighted by Gasteiger charge is 2.39. The van der Waals surface area contributed by atoms with Crippen LogP contribution in [-0.4, -0.2) is 23.6 Å². The molecule has 4 unspecified atom stereocenters. The lowest BCUT2D eigenvalue weighted by Gasteiger charge is -2.28. The highest BCUT2D eigenvalue weighted by atomic mass is 32.2. The van der Waals surface area contributed by atoms with Crippen LogP contribution in [0.3, 0.4) is 0 Å². The van der Waals surface area contributed by atoms with Gasteiger partial charge in [-0.15, -0.1) is 0 Å². The van der Waals surface area contributed by atoms with Gasteiger partial charge in [-0.2, -0.15) is 11.8 Å². The summed E-state index contributed by atoms with van der Waals surface area (Å²) >= 11 is 2.11. The SMILES string of the molecule is CNC(CSC(C)(C)C)CC1CC2CCC1C2. The molecule has 2 saturated carbocycles. The topological polar surface area (TPSA) is 12.0 Å². The third-order valence-electron chi connectivity index (χ3n) is 4.60. The lowest BCUT2D eigenvalue weighted by molar-refractivity contribution is 0.290. The molecule has 0 aromatic heterocycles. The van der Waals surface area contributed by atoms with Crippen LogP contribution < -0.4 is 5.32 Å². The molecule has 0 aromatic carbocycles. The molecule has 0 heterocycles. The van der Waals surface area contributed by atoms with Gasteiger partial charge in [-0.25, -0.2) is 0 Å². The number of fused-ring (bicyclic) bond motifs is 2. The summed E-state index contributed by atoms with van der Waals surface area (Å²) in [4.78, 5) is 0. The molecule has 0 amide bonds. The van der Waals surface area contributed by atoms with Crippen molar-refractivity contribution in [1.82, 2.24) is 5.32 Å². The number of thioether (sulfide) groups is 1. The van der Waals surface area contributed by atoms with Gasteiger partial charge in [-0.1, -0.05) is 27.2 Å². The van der Waals surface area contributed by atoms with Crippen molar-refractivity contribution in [3.05, 3.63) is 0 Å². The van der Waals surface area contributed by atoms with Crippen LogP contribution in [-0.2, 0) is 0 Å². The standard InChI is InChI=1S/C15H29NS/c1-15(2,3)17-10-14(16-4)9-13-8-11-5-6-12(13)7-11/h11-14,16H,5-10H2,1-4H3. The number of hydrogen-bond acceptors (Lipinski definition) is 2. The molecule has 100 valence electrons. The van der Waals surface area contributed by atoms with E-state index in [0.717, 1.165) is 23.8 Å². The minimum atomic E-state index is 0.407. The van der Waals surface area contributed by atoms with Crippen LogP contribution in [0.25, 0.3) is 0 Å². The summed E-state index contributed by atoms with van der Waals surface area (Å²) < 4.78 is 0.407. The Labute approximate surface area is 112 Å². The predicted molar refractivity (Wildman–Crippen MR) is 78.6 cm³/mol. The van der Waals surface area contributed by atoms with Crippen molar-refractivity contribution in [2.75, 3.05) is 12.8 Å². The molecule has 4 atom stereocenters. The summed E-state index contributed by atoms with van der Waals surface area (Å²) in [5, 5.41) is 3.54. The summed E-state index contributed by atoms with van der Waals surface area (Å²) in [5.41, 5.74) is 0. The average molecular weight is 255 g/mol. The highest BCUT2D eigenvalue weighted by Crippen LogP contribution is 2.50. The van der Waals surface area contributed by atoms with Gasteiger partial charge in [0.2, 0.25) is 0 Å². The van der Waals surface area contributed by atoms with Gasteiger partial charge in [0.05, 0.1) is 0 Å². The highest BCUT2D eigenvalue weighted by molar-refractivity contribution is 8.00. The van der Waals surface area contributed by atoms with Crippen molar-refractivity contribution in [3.63, 3.8) is 0 Å². The molecule has 0 aliphatic heterocycles. The summed E-state index contributed by atoms with van der Waals surface area (Å²) in [6.45, 7) is 6.96. The van der Waals surface area contributed by atoms with E-state index < -0.39 is 0 Å². The van der Waals surface area contributed by atoms with Gasteiger partial charge in [-0.3, -0.25) is 0 Å². The Morgan fingerprint density at radius 3 is 2.47 bits per heavy atom. The van der Waals surface area contributed by atoms with E-state index in [1.165, 1.54) is 31.4 Å². The molecule has 0 saturated heterocycles. The lowest BCUT2D eigenvalue weighted by Crippen LogP contribution is -2.33. The van der Waals surface area contributed by atoms with Crippen molar-refractivity contribution in [2.45, 2.75) is 63.7 Å². The molecular formula is C15H29NS. The van der Waals surface area contributed by atoms with E-state index in [1.807, 2.05) is 0 Å². The number of nitrogens with one attached hydrogen (secondary N) is 1. The maximum Gasteiger partial charge on any atom is 0.0158 e. The number of rotatable bonds is 5. The van der Waals surface area contributed by atoms with Crippen molar-refractivity contribution in [2.24, 2.45) is 17.8 Å².